The molecule has 1 saturated heterocycles. The van der Waals surface area contributed by atoms with E-state index in [-0.39, 0.29) is 17.5 Å². The van der Waals surface area contributed by atoms with Crippen molar-refractivity contribution in [2.45, 2.75) is 38.8 Å². The Kier molecular flexibility index (Phi) is 4.50. The van der Waals surface area contributed by atoms with Gasteiger partial charge >= 0.3 is 0 Å². The molecule has 1 unspecified atom stereocenters. The summed E-state index contributed by atoms with van der Waals surface area (Å²) in [7, 11) is 0. The standard InChI is InChI=1S/C15H20N6O2/c1-2-7-20-14(22)6-5-13(18-20)15(23)19-8-3-4-12(9-19)21-11-16-10-17-21/h5-6,10-12H,2-4,7-9H2,1H3. The van der Waals surface area contributed by atoms with Crippen LogP contribution < -0.4 is 5.56 Å². The second-order valence-electron chi connectivity index (χ2n) is 5.70. The van der Waals surface area contributed by atoms with E-state index in [1.807, 2.05) is 6.92 Å². The molecule has 0 bridgehead atoms. The zero-order valence-corrected chi connectivity index (χ0v) is 13.1. The van der Waals surface area contributed by atoms with Crippen molar-refractivity contribution in [2.75, 3.05) is 13.1 Å². The van der Waals surface area contributed by atoms with E-state index in [1.165, 1.54) is 23.1 Å². The highest BCUT2D eigenvalue weighted by molar-refractivity contribution is 5.92. The van der Waals surface area contributed by atoms with Crippen LogP contribution in [-0.2, 0) is 6.54 Å². The van der Waals surface area contributed by atoms with Crippen molar-refractivity contribution >= 4 is 5.91 Å². The summed E-state index contributed by atoms with van der Waals surface area (Å²) in [5.74, 6) is -0.139. The monoisotopic (exact) mass is 316 g/mol. The Labute approximate surface area is 133 Å². The summed E-state index contributed by atoms with van der Waals surface area (Å²) in [6.07, 6.45) is 5.85. The van der Waals surface area contributed by atoms with E-state index in [9.17, 15) is 9.59 Å². The second kappa shape index (κ2) is 6.72. The van der Waals surface area contributed by atoms with Crippen molar-refractivity contribution in [1.82, 2.24) is 29.4 Å². The van der Waals surface area contributed by atoms with Crippen LogP contribution in [-0.4, -0.2) is 48.4 Å². The zero-order valence-electron chi connectivity index (χ0n) is 13.1. The average Bonchev–Trinajstić information content (AvgIpc) is 3.11. The molecule has 1 aliphatic heterocycles. The van der Waals surface area contributed by atoms with Gasteiger partial charge in [0.05, 0.1) is 6.04 Å². The topological polar surface area (TPSA) is 85.9 Å². The maximum atomic E-state index is 12.7. The van der Waals surface area contributed by atoms with Gasteiger partial charge in [-0.15, -0.1) is 0 Å². The van der Waals surface area contributed by atoms with Crippen LogP contribution in [0.1, 0.15) is 42.7 Å². The smallest absolute Gasteiger partial charge is 0.274 e. The van der Waals surface area contributed by atoms with Crippen LogP contribution in [0.3, 0.4) is 0 Å². The first-order chi connectivity index (χ1) is 11.2. The number of hydrogen-bond acceptors (Lipinski definition) is 5. The van der Waals surface area contributed by atoms with E-state index < -0.39 is 0 Å². The number of amides is 1. The number of nitrogens with zero attached hydrogens (tertiary/aromatic N) is 6. The van der Waals surface area contributed by atoms with Crippen LogP contribution in [0.25, 0.3) is 0 Å². The molecular weight excluding hydrogens is 296 g/mol. The summed E-state index contributed by atoms with van der Waals surface area (Å²) in [5.41, 5.74) is 0.139. The first-order valence-corrected chi connectivity index (χ1v) is 7.90. The molecule has 3 heterocycles. The molecule has 0 aromatic carbocycles. The van der Waals surface area contributed by atoms with E-state index in [2.05, 4.69) is 15.2 Å². The molecule has 3 rings (SSSR count). The molecule has 8 nitrogen and oxygen atoms in total. The van der Waals surface area contributed by atoms with Crippen molar-refractivity contribution in [3.63, 3.8) is 0 Å². The molecule has 23 heavy (non-hydrogen) atoms. The van der Waals surface area contributed by atoms with E-state index in [4.69, 9.17) is 0 Å². The largest absolute Gasteiger partial charge is 0.335 e. The van der Waals surface area contributed by atoms with Gasteiger partial charge in [0, 0.05) is 25.7 Å². The summed E-state index contributed by atoms with van der Waals surface area (Å²) in [5, 5.41) is 8.37. The molecule has 0 aliphatic carbocycles. The highest BCUT2D eigenvalue weighted by atomic mass is 16.2. The fraction of sp³-hybridized carbons (Fsp3) is 0.533. The van der Waals surface area contributed by atoms with Gasteiger partial charge in [0.1, 0.15) is 18.3 Å². The molecule has 0 spiro atoms. The Morgan fingerprint density at radius 1 is 1.39 bits per heavy atom. The van der Waals surface area contributed by atoms with E-state index in [0.29, 0.717) is 25.3 Å². The number of carbonyl (C=O) groups excluding carboxylic acids is 1. The van der Waals surface area contributed by atoms with Crippen molar-refractivity contribution in [3.8, 4) is 0 Å². The number of aromatic nitrogens is 5. The third-order valence-electron chi connectivity index (χ3n) is 4.02. The molecule has 1 aliphatic rings. The number of rotatable bonds is 4. The molecule has 0 N–H and O–H groups in total. The molecule has 2 aromatic heterocycles. The summed E-state index contributed by atoms with van der Waals surface area (Å²) in [4.78, 5) is 30.2. The average molecular weight is 316 g/mol. The zero-order chi connectivity index (χ0) is 16.2. The molecule has 122 valence electrons. The Morgan fingerprint density at radius 2 is 2.26 bits per heavy atom. The maximum Gasteiger partial charge on any atom is 0.274 e. The van der Waals surface area contributed by atoms with Crippen LogP contribution >= 0.6 is 0 Å². The first kappa shape index (κ1) is 15.4. The van der Waals surface area contributed by atoms with Crippen LogP contribution in [0.15, 0.2) is 29.6 Å². The summed E-state index contributed by atoms with van der Waals surface area (Å²) in [6.45, 7) is 3.76. The van der Waals surface area contributed by atoms with Crippen LogP contribution in [0.4, 0.5) is 0 Å². The number of aryl methyl sites for hydroxylation is 1. The van der Waals surface area contributed by atoms with E-state index in [1.54, 1.807) is 15.9 Å². The van der Waals surface area contributed by atoms with Gasteiger partial charge in [0.2, 0.25) is 0 Å². The Hall–Kier alpha value is -2.51. The van der Waals surface area contributed by atoms with Crippen LogP contribution in [0, 0.1) is 0 Å². The molecule has 2 aromatic rings. The van der Waals surface area contributed by atoms with Crippen LogP contribution in [0.5, 0.6) is 0 Å². The molecular formula is C15H20N6O2. The number of piperidine rings is 1. The molecule has 0 saturated carbocycles. The molecule has 0 radical (unpaired) electrons. The van der Waals surface area contributed by atoms with Gasteiger partial charge in [-0.05, 0) is 25.3 Å². The van der Waals surface area contributed by atoms with Gasteiger partial charge in [0.15, 0.2) is 0 Å². The predicted octanol–water partition coefficient (Wildman–Crippen LogP) is 0.722. The summed E-state index contributed by atoms with van der Waals surface area (Å²) >= 11 is 0. The Bertz CT molecular complexity index is 724. The van der Waals surface area contributed by atoms with Gasteiger partial charge in [0.25, 0.3) is 11.5 Å². The highest BCUT2D eigenvalue weighted by Gasteiger charge is 2.26. The fourth-order valence-electron chi connectivity index (χ4n) is 2.86. The molecule has 1 fully saturated rings. The lowest BCUT2D eigenvalue weighted by atomic mass is 10.1. The van der Waals surface area contributed by atoms with E-state index in [0.717, 1.165) is 19.3 Å². The molecule has 8 heteroatoms. The lowest BCUT2D eigenvalue weighted by Crippen LogP contribution is -2.41. The molecule has 1 atom stereocenters. The SMILES string of the molecule is CCCn1nc(C(=O)N2CCCC(n3cncn3)C2)ccc1=O. The van der Waals surface area contributed by atoms with E-state index >= 15 is 0 Å². The maximum absolute atomic E-state index is 12.7. The van der Waals surface area contributed by atoms with Crippen molar-refractivity contribution in [2.24, 2.45) is 0 Å². The fourth-order valence-corrected chi connectivity index (χ4v) is 2.86. The first-order valence-electron chi connectivity index (χ1n) is 7.90. The van der Waals surface area contributed by atoms with Gasteiger partial charge in [-0.25, -0.2) is 14.3 Å². The Morgan fingerprint density at radius 3 is 3.00 bits per heavy atom. The quantitative estimate of drug-likeness (QED) is 0.829. The molecule has 1 amide bonds. The minimum atomic E-state index is -0.178. The minimum absolute atomic E-state index is 0.136. The second-order valence-corrected chi connectivity index (χ2v) is 5.70. The number of carbonyl (C=O) groups is 1. The number of likely N-dealkylation sites (tertiary alicyclic amines) is 1. The third kappa shape index (κ3) is 3.30. The predicted molar refractivity (Wildman–Crippen MR) is 83.0 cm³/mol. The number of hydrogen-bond donors (Lipinski definition) is 0. The third-order valence-corrected chi connectivity index (χ3v) is 4.02. The summed E-state index contributed by atoms with van der Waals surface area (Å²) in [6, 6.07) is 3.06. The Balaban J connectivity index is 1.77. The van der Waals surface area contributed by atoms with Crippen LogP contribution in [0.2, 0.25) is 0 Å². The lowest BCUT2D eigenvalue weighted by molar-refractivity contribution is 0.0664. The van der Waals surface area contributed by atoms with Gasteiger partial charge in [-0.2, -0.15) is 10.2 Å². The van der Waals surface area contributed by atoms with Crippen molar-refractivity contribution < 1.29 is 4.79 Å². The normalized spacial score (nSPS) is 18.1. The van der Waals surface area contributed by atoms with Gasteiger partial charge in [-0.3, -0.25) is 9.59 Å². The van der Waals surface area contributed by atoms with Crippen molar-refractivity contribution in [3.05, 3.63) is 40.8 Å². The van der Waals surface area contributed by atoms with Gasteiger partial charge in [-0.1, -0.05) is 6.92 Å². The van der Waals surface area contributed by atoms with Crippen molar-refractivity contribution in [1.29, 1.82) is 0 Å². The lowest BCUT2D eigenvalue weighted by Gasteiger charge is -2.32. The van der Waals surface area contributed by atoms with Gasteiger partial charge < -0.3 is 4.90 Å². The highest BCUT2D eigenvalue weighted by Crippen LogP contribution is 2.21. The minimum Gasteiger partial charge on any atom is -0.335 e. The summed E-state index contributed by atoms with van der Waals surface area (Å²) < 4.78 is 3.15.